The van der Waals surface area contributed by atoms with Crippen molar-refractivity contribution in [2.45, 2.75) is 18.9 Å². The summed E-state index contributed by atoms with van der Waals surface area (Å²) in [5.74, 6) is -0.989. The molecule has 15 heavy (non-hydrogen) atoms. The van der Waals surface area contributed by atoms with Gasteiger partial charge in [0.2, 0.25) is 0 Å². The number of hydrogen-bond donors (Lipinski definition) is 2. The minimum absolute atomic E-state index is 0.0301. The molecule has 2 N–H and O–H groups in total. The first-order valence-electron chi connectivity index (χ1n) is 5.30. The molecule has 1 aromatic carbocycles. The summed E-state index contributed by atoms with van der Waals surface area (Å²) in [5.41, 5.74) is 1.07. The second kappa shape index (κ2) is 4.45. The van der Waals surface area contributed by atoms with E-state index < -0.39 is 5.97 Å². The van der Waals surface area contributed by atoms with Crippen molar-refractivity contribution in [3.63, 3.8) is 0 Å². The standard InChI is InChI=1S/C12H15NO2/c14-12(15)10-7-4-8-13-11(10)9-5-2-1-3-6-9/h1-3,5-6,10-11,13H,4,7-8H2,(H,14,15). The molecule has 1 aromatic rings. The Morgan fingerprint density at radius 2 is 2.07 bits per heavy atom. The first-order valence-corrected chi connectivity index (χ1v) is 5.30. The van der Waals surface area contributed by atoms with Gasteiger partial charge in [0.05, 0.1) is 5.92 Å². The number of hydrogen-bond acceptors (Lipinski definition) is 2. The van der Waals surface area contributed by atoms with Gasteiger partial charge in [0.15, 0.2) is 0 Å². The highest BCUT2D eigenvalue weighted by atomic mass is 16.4. The molecule has 1 aliphatic heterocycles. The SMILES string of the molecule is O=C(O)C1CCCNC1c1ccccc1. The first-order chi connectivity index (χ1) is 7.29. The fourth-order valence-electron chi connectivity index (χ4n) is 2.17. The Hall–Kier alpha value is -1.35. The van der Waals surface area contributed by atoms with Crippen LogP contribution in [-0.4, -0.2) is 17.6 Å². The summed E-state index contributed by atoms with van der Waals surface area (Å²) in [6.45, 7) is 0.906. The van der Waals surface area contributed by atoms with Crippen LogP contribution in [0.4, 0.5) is 0 Å². The van der Waals surface area contributed by atoms with Gasteiger partial charge in [-0.1, -0.05) is 30.3 Å². The minimum Gasteiger partial charge on any atom is -0.481 e. The maximum atomic E-state index is 11.1. The van der Waals surface area contributed by atoms with Crippen LogP contribution in [0.25, 0.3) is 0 Å². The molecule has 0 radical (unpaired) electrons. The van der Waals surface area contributed by atoms with E-state index in [2.05, 4.69) is 5.32 Å². The Balaban J connectivity index is 2.22. The number of carboxylic acid groups (broad SMARTS) is 1. The molecule has 3 heteroatoms. The Morgan fingerprint density at radius 3 is 2.73 bits per heavy atom. The van der Waals surface area contributed by atoms with E-state index in [1.807, 2.05) is 30.3 Å². The van der Waals surface area contributed by atoms with E-state index in [-0.39, 0.29) is 12.0 Å². The number of carbonyl (C=O) groups is 1. The smallest absolute Gasteiger partial charge is 0.308 e. The van der Waals surface area contributed by atoms with E-state index >= 15 is 0 Å². The number of nitrogens with one attached hydrogen (secondary N) is 1. The van der Waals surface area contributed by atoms with Crippen molar-refractivity contribution >= 4 is 5.97 Å². The molecule has 0 bridgehead atoms. The summed E-state index contributed by atoms with van der Waals surface area (Å²) in [6.07, 6.45) is 1.71. The highest BCUT2D eigenvalue weighted by Crippen LogP contribution is 2.29. The fourth-order valence-corrected chi connectivity index (χ4v) is 2.17. The molecule has 1 fully saturated rings. The third-order valence-electron chi connectivity index (χ3n) is 2.93. The van der Waals surface area contributed by atoms with Crippen LogP contribution in [0.1, 0.15) is 24.4 Å². The van der Waals surface area contributed by atoms with E-state index in [4.69, 9.17) is 5.11 Å². The summed E-state index contributed by atoms with van der Waals surface area (Å²) in [7, 11) is 0. The van der Waals surface area contributed by atoms with Gasteiger partial charge in [-0.05, 0) is 24.9 Å². The topological polar surface area (TPSA) is 49.3 Å². The zero-order chi connectivity index (χ0) is 10.7. The van der Waals surface area contributed by atoms with Gasteiger partial charge in [-0.2, -0.15) is 0 Å². The molecule has 2 atom stereocenters. The third kappa shape index (κ3) is 2.18. The lowest BCUT2D eigenvalue weighted by atomic mass is 9.86. The molecule has 3 nitrogen and oxygen atoms in total. The Labute approximate surface area is 89.1 Å². The van der Waals surface area contributed by atoms with Crippen LogP contribution in [0, 0.1) is 5.92 Å². The number of carboxylic acids is 1. The van der Waals surface area contributed by atoms with Gasteiger partial charge in [0, 0.05) is 6.04 Å². The van der Waals surface area contributed by atoms with E-state index in [1.54, 1.807) is 0 Å². The lowest BCUT2D eigenvalue weighted by molar-refractivity contribution is -0.143. The lowest BCUT2D eigenvalue weighted by Gasteiger charge is -2.30. The van der Waals surface area contributed by atoms with Crippen molar-refractivity contribution in [3.05, 3.63) is 35.9 Å². The van der Waals surface area contributed by atoms with Gasteiger partial charge >= 0.3 is 5.97 Å². The van der Waals surface area contributed by atoms with Crippen molar-refractivity contribution in [3.8, 4) is 0 Å². The average Bonchev–Trinajstić information content (AvgIpc) is 2.30. The number of benzene rings is 1. The van der Waals surface area contributed by atoms with Crippen LogP contribution in [0.15, 0.2) is 30.3 Å². The molecule has 2 rings (SSSR count). The molecular formula is C12H15NO2. The van der Waals surface area contributed by atoms with Crippen molar-refractivity contribution in [1.29, 1.82) is 0 Å². The summed E-state index contributed by atoms with van der Waals surface area (Å²) >= 11 is 0. The Morgan fingerprint density at radius 1 is 1.33 bits per heavy atom. The van der Waals surface area contributed by atoms with Gasteiger partial charge in [-0.15, -0.1) is 0 Å². The molecule has 0 spiro atoms. The molecule has 0 saturated carbocycles. The molecule has 2 unspecified atom stereocenters. The molecule has 0 aliphatic carbocycles. The highest BCUT2D eigenvalue weighted by molar-refractivity contribution is 5.71. The average molecular weight is 205 g/mol. The van der Waals surface area contributed by atoms with Gasteiger partial charge in [-0.25, -0.2) is 0 Å². The monoisotopic (exact) mass is 205 g/mol. The predicted molar refractivity (Wildman–Crippen MR) is 57.5 cm³/mol. The van der Waals surface area contributed by atoms with Gasteiger partial charge < -0.3 is 10.4 Å². The van der Waals surface area contributed by atoms with Crippen molar-refractivity contribution in [2.75, 3.05) is 6.54 Å². The van der Waals surface area contributed by atoms with Gasteiger partial charge in [0.1, 0.15) is 0 Å². The van der Waals surface area contributed by atoms with Crippen molar-refractivity contribution < 1.29 is 9.90 Å². The molecule has 0 amide bonds. The lowest BCUT2D eigenvalue weighted by Crippen LogP contribution is -2.38. The van der Waals surface area contributed by atoms with Crippen LogP contribution in [-0.2, 0) is 4.79 Å². The molecule has 0 aromatic heterocycles. The highest BCUT2D eigenvalue weighted by Gasteiger charge is 2.31. The van der Waals surface area contributed by atoms with Crippen molar-refractivity contribution in [2.24, 2.45) is 5.92 Å². The van der Waals surface area contributed by atoms with Gasteiger partial charge in [-0.3, -0.25) is 4.79 Å². The zero-order valence-corrected chi connectivity index (χ0v) is 8.52. The van der Waals surface area contributed by atoms with Crippen LogP contribution < -0.4 is 5.32 Å². The number of aliphatic carboxylic acids is 1. The third-order valence-corrected chi connectivity index (χ3v) is 2.93. The molecule has 1 heterocycles. The Kier molecular flexibility index (Phi) is 3.02. The number of rotatable bonds is 2. The fraction of sp³-hybridized carbons (Fsp3) is 0.417. The largest absolute Gasteiger partial charge is 0.481 e. The summed E-state index contributed by atoms with van der Waals surface area (Å²) in [4.78, 5) is 11.1. The predicted octanol–water partition coefficient (Wildman–Crippen LogP) is 1.81. The minimum atomic E-state index is -0.698. The first kappa shape index (κ1) is 10.2. The summed E-state index contributed by atoms with van der Waals surface area (Å²) in [6, 6.07) is 9.78. The number of piperidine rings is 1. The molecule has 1 aliphatic rings. The second-order valence-electron chi connectivity index (χ2n) is 3.93. The van der Waals surface area contributed by atoms with E-state index in [1.165, 1.54) is 0 Å². The van der Waals surface area contributed by atoms with Crippen LogP contribution in [0.5, 0.6) is 0 Å². The summed E-state index contributed by atoms with van der Waals surface area (Å²) in [5, 5.41) is 12.4. The second-order valence-corrected chi connectivity index (χ2v) is 3.93. The molecular weight excluding hydrogens is 190 g/mol. The van der Waals surface area contributed by atoms with Crippen LogP contribution in [0.2, 0.25) is 0 Å². The quantitative estimate of drug-likeness (QED) is 0.774. The van der Waals surface area contributed by atoms with E-state index in [0.29, 0.717) is 0 Å². The van der Waals surface area contributed by atoms with Crippen molar-refractivity contribution in [1.82, 2.24) is 5.32 Å². The maximum absolute atomic E-state index is 11.1. The van der Waals surface area contributed by atoms with E-state index in [0.717, 1.165) is 24.9 Å². The normalized spacial score (nSPS) is 26.1. The molecule has 80 valence electrons. The van der Waals surface area contributed by atoms with E-state index in [9.17, 15) is 4.79 Å². The van der Waals surface area contributed by atoms with Crippen LogP contribution >= 0.6 is 0 Å². The van der Waals surface area contributed by atoms with Gasteiger partial charge in [0.25, 0.3) is 0 Å². The maximum Gasteiger partial charge on any atom is 0.308 e. The van der Waals surface area contributed by atoms with Crippen LogP contribution in [0.3, 0.4) is 0 Å². The Bertz CT molecular complexity index is 337. The zero-order valence-electron chi connectivity index (χ0n) is 8.52. The summed E-state index contributed by atoms with van der Waals surface area (Å²) < 4.78 is 0. The molecule has 1 saturated heterocycles.